The van der Waals surface area contributed by atoms with Crippen molar-refractivity contribution in [3.63, 3.8) is 0 Å². The molecule has 1 unspecified atom stereocenters. The van der Waals surface area contributed by atoms with Crippen molar-refractivity contribution < 1.29 is 0 Å². The third-order valence-electron chi connectivity index (χ3n) is 1.94. The molecule has 0 aliphatic heterocycles. The Kier molecular flexibility index (Phi) is 2.79. The number of nitrogens with one attached hydrogen (secondary N) is 1. The summed E-state index contributed by atoms with van der Waals surface area (Å²) < 4.78 is 0. The van der Waals surface area contributed by atoms with Crippen LogP contribution in [0.4, 0.5) is 0 Å². The highest BCUT2D eigenvalue weighted by atomic mass is 32.1. The number of hydrogen-bond donors (Lipinski definition) is 2. The number of aromatic nitrogens is 4. The summed E-state index contributed by atoms with van der Waals surface area (Å²) in [5.41, 5.74) is 6.71. The van der Waals surface area contributed by atoms with Crippen molar-refractivity contribution in [2.24, 2.45) is 5.73 Å². The average Bonchev–Trinajstić information content (AvgIpc) is 2.76. The molecule has 2 aromatic heterocycles. The maximum atomic E-state index is 5.67. The largest absolute Gasteiger partial charge is 0.321 e. The Bertz CT molecular complexity index is 445. The van der Waals surface area contributed by atoms with E-state index in [4.69, 9.17) is 5.73 Å². The Balaban J connectivity index is 2.11. The van der Waals surface area contributed by atoms with Crippen LogP contribution in [0.2, 0.25) is 0 Å². The van der Waals surface area contributed by atoms with E-state index in [1.54, 1.807) is 11.3 Å². The van der Waals surface area contributed by atoms with E-state index in [0.29, 0.717) is 12.2 Å². The van der Waals surface area contributed by atoms with Crippen LogP contribution in [0.15, 0.2) is 5.38 Å². The van der Waals surface area contributed by atoms with Crippen LogP contribution in [0.5, 0.6) is 0 Å². The number of hydrogen-bond acceptors (Lipinski definition) is 5. The maximum absolute atomic E-state index is 5.67. The molecule has 0 bridgehead atoms. The zero-order chi connectivity index (χ0) is 10.8. The highest BCUT2D eigenvalue weighted by Gasteiger charge is 2.08. The molecule has 0 aliphatic carbocycles. The van der Waals surface area contributed by atoms with Crippen molar-refractivity contribution in [3.8, 4) is 0 Å². The predicted molar refractivity (Wildman–Crippen MR) is 58.6 cm³/mol. The van der Waals surface area contributed by atoms with E-state index in [1.807, 2.05) is 19.2 Å². The molecule has 80 valence electrons. The summed E-state index contributed by atoms with van der Waals surface area (Å²) in [5.74, 6) is 1.47. The topological polar surface area (TPSA) is 80.5 Å². The Morgan fingerprint density at radius 1 is 1.53 bits per heavy atom. The fourth-order valence-corrected chi connectivity index (χ4v) is 2.00. The second kappa shape index (κ2) is 4.08. The van der Waals surface area contributed by atoms with Gasteiger partial charge in [0.1, 0.15) is 10.8 Å². The highest BCUT2D eigenvalue weighted by Crippen LogP contribution is 2.12. The van der Waals surface area contributed by atoms with Crippen molar-refractivity contribution in [3.05, 3.63) is 27.7 Å². The summed E-state index contributed by atoms with van der Waals surface area (Å²) in [5, 5.41) is 9.97. The molecule has 5 nitrogen and oxygen atoms in total. The SMILES string of the molecule is Cc1csc(Cc2nc(C(C)N)n[nH]2)n1. The molecule has 0 saturated carbocycles. The number of H-pyrrole nitrogens is 1. The molecule has 2 aromatic rings. The lowest BCUT2D eigenvalue weighted by molar-refractivity contribution is 0.744. The van der Waals surface area contributed by atoms with Crippen LogP contribution in [-0.2, 0) is 6.42 Å². The van der Waals surface area contributed by atoms with Gasteiger partial charge < -0.3 is 5.73 Å². The van der Waals surface area contributed by atoms with E-state index in [-0.39, 0.29) is 6.04 Å². The van der Waals surface area contributed by atoms with Gasteiger partial charge in [0.25, 0.3) is 0 Å². The van der Waals surface area contributed by atoms with E-state index in [9.17, 15) is 0 Å². The predicted octanol–water partition coefficient (Wildman–Crippen LogP) is 1.18. The summed E-state index contributed by atoms with van der Waals surface area (Å²) in [6.45, 7) is 3.84. The quantitative estimate of drug-likeness (QED) is 0.818. The summed E-state index contributed by atoms with van der Waals surface area (Å²) >= 11 is 1.63. The van der Waals surface area contributed by atoms with Gasteiger partial charge in [-0.3, -0.25) is 5.10 Å². The van der Waals surface area contributed by atoms with Crippen LogP contribution in [0, 0.1) is 6.92 Å². The van der Waals surface area contributed by atoms with Crippen LogP contribution in [-0.4, -0.2) is 20.2 Å². The number of rotatable bonds is 3. The normalized spacial score (nSPS) is 13.0. The van der Waals surface area contributed by atoms with Gasteiger partial charge in [0.05, 0.1) is 12.5 Å². The molecule has 0 saturated heterocycles. The number of thiazole rings is 1. The lowest BCUT2D eigenvalue weighted by Crippen LogP contribution is -2.06. The fraction of sp³-hybridized carbons (Fsp3) is 0.444. The van der Waals surface area contributed by atoms with Crippen molar-refractivity contribution in [2.45, 2.75) is 26.3 Å². The Hall–Kier alpha value is -1.27. The second-order valence-electron chi connectivity index (χ2n) is 3.49. The molecule has 2 heterocycles. The van der Waals surface area contributed by atoms with Gasteiger partial charge in [-0.2, -0.15) is 5.10 Å². The smallest absolute Gasteiger partial charge is 0.167 e. The molecule has 0 fully saturated rings. The Morgan fingerprint density at radius 3 is 2.87 bits per heavy atom. The van der Waals surface area contributed by atoms with Gasteiger partial charge in [0.15, 0.2) is 5.82 Å². The van der Waals surface area contributed by atoms with Crippen molar-refractivity contribution in [2.75, 3.05) is 0 Å². The maximum Gasteiger partial charge on any atom is 0.167 e. The molecule has 0 radical (unpaired) electrons. The first-order valence-corrected chi connectivity index (χ1v) is 5.61. The van der Waals surface area contributed by atoms with Crippen LogP contribution >= 0.6 is 11.3 Å². The Morgan fingerprint density at radius 2 is 2.33 bits per heavy atom. The standard InChI is InChI=1S/C9H13N5S/c1-5-4-15-8(11-5)3-7-12-9(6(2)10)14-13-7/h4,6H,3,10H2,1-2H3,(H,12,13,14). The van der Waals surface area contributed by atoms with Gasteiger partial charge in [0.2, 0.25) is 0 Å². The third-order valence-corrected chi connectivity index (χ3v) is 2.91. The molecule has 1 atom stereocenters. The van der Waals surface area contributed by atoms with Gasteiger partial charge in [0, 0.05) is 11.1 Å². The van der Waals surface area contributed by atoms with E-state index >= 15 is 0 Å². The molecule has 0 spiro atoms. The number of nitrogens with zero attached hydrogens (tertiary/aromatic N) is 3. The molecule has 0 amide bonds. The molecular weight excluding hydrogens is 210 g/mol. The van der Waals surface area contributed by atoms with Crippen LogP contribution in [0.25, 0.3) is 0 Å². The van der Waals surface area contributed by atoms with Gasteiger partial charge in [-0.1, -0.05) is 0 Å². The first-order chi connectivity index (χ1) is 7.15. The zero-order valence-corrected chi connectivity index (χ0v) is 9.51. The average molecular weight is 223 g/mol. The van der Waals surface area contributed by atoms with Crippen molar-refractivity contribution in [1.29, 1.82) is 0 Å². The lowest BCUT2D eigenvalue weighted by atomic mass is 10.3. The number of aromatic amines is 1. The molecule has 15 heavy (non-hydrogen) atoms. The lowest BCUT2D eigenvalue weighted by Gasteiger charge is -1.94. The Labute approximate surface area is 91.8 Å². The first-order valence-electron chi connectivity index (χ1n) is 4.73. The van der Waals surface area contributed by atoms with Crippen molar-refractivity contribution in [1.82, 2.24) is 20.2 Å². The molecule has 6 heteroatoms. The summed E-state index contributed by atoms with van der Waals surface area (Å²) in [6, 6.07) is -0.131. The monoisotopic (exact) mass is 223 g/mol. The zero-order valence-electron chi connectivity index (χ0n) is 8.69. The highest BCUT2D eigenvalue weighted by molar-refractivity contribution is 7.09. The van der Waals surface area contributed by atoms with E-state index in [1.165, 1.54) is 0 Å². The minimum atomic E-state index is -0.131. The molecule has 3 N–H and O–H groups in total. The van der Waals surface area contributed by atoms with Crippen molar-refractivity contribution >= 4 is 11.3 Å². The molecular formula is C9H13N5S. The summed E-state index contributed by atoms with van der Waals surface area (Å²) in [6.07, 6.45) is 0.693. The number of aryl methyl sites for hydroxylation is 1. The van der Waals surface area contributed by atoms with Crippen LogP contribution in [0.1, 0.15) is 35.3 Å². The molecule has 0 aromatic carbocycles. The molecule has 2 rings (SSSR count). The second-order valence-corrected chi connectivity index (χ2v) is 4.43. The van der Waals surface area contributed by atoms with E-state index < -0.39 is 0 Å². The first kappa shape index (κ1) is 10.3. The molecule has 0 aliphatic rings. The minimum absolute atomic E-state index is 0.131. The summed E-state index contributed by atoms with van der Waals surface area (Å²) in [7, 11) is 0. The fourth-order valence-electron chi connectivity index (χ4n) is 1.22. The summed E-state index contributed by atoms with van der Waals surface area (Å²) in [4.78, 5) is 8.65. The van der Waals surface area contributed by atoms with Gasteiger partial charge in [-0.15, -0.1) is 11.3 Å². The van der Waals surface area contributed by atoms with Gasteiger partial charge in [-0.05, 0) is 13.8 Å². The minimum Gasteiger partial charge on any atom is -0.321 e. The van der Waals surface area contributed by atoms with Gasteiger partial charge in [-0.25, -0.2) is 9.97 Å². The van der Waals surface area contributed by atoms with E-state index in [2.05, 4.69) is 20.2 Å². The van der Waals surface area contributed by atoms with E-state index in [0.717, 1.165) is 16.5 Å². The van der Waals surface area contributed by atoms with Crippen LogP contribution in [0.3, 0.4) is 0 Å². The van der Waals surface area contributed by atoms with Crippen LogP contribution < -0.4 is 5.73 Å². The van der Waals surface area contributed by atoms with Gasteiger partial charge >= 0.3 is 0 Å². The number of nitrogens with two attached hydrogens (primary N) is 1. The third kappa shape index (κ3) is 2.40.